The zero-order chi connectivity index (χ0) is 13.8. The highest BCUT2D eigenvalue weighted by Gasteiger charge is 2.10. The molecule has 2 N–H and O–H groups in total. The number of hydrogen-bond acceptors (Lipinski definition) is 4. The van der Waals surface area contributed by atoms with Crippen LogP contribution in [0, 0.1) is 0 Å². The van der Waals surface area contributed by atoms with Crippen molar-refractivity contribution in [2.24, 2.45) is 0 Å². The van der Waals surface area contributed by atoms with Gasteiger partial charge in [-0.2, -0.15) is 0 Å². The molecule has 0 aliphatic heterocycles. The Kier molecular flexibility index (Phi) is 4.01. The van der Waals surface area contributed by atoms with Gasteiger partial charge in [0.1, 0.15) is 11.3 Å². The van der Waals surface area contributed by atoms with E-state index in [-0.39, 0.29) is 5.56 Å². The van der Waals surface area contributed by atoms with Crippen molar-refractivity contribution in [2.45, 2.75) is 0 Å². The number of carboxylic acid groups (broad SMARTS) is 1. The predicted octanol–water partition coefficient (Wildman–Crippen LogP) is 3.29. The van der Waals surface area contributed by atoms with Crippen LogP contribution in [0.4, 0.5) is 11.4 Å². The number of methoxy groups -OCH3 is 1. The number of aromatic nitrogens is 1. The van der Waals surface area contributed by atoms with Gasteiger partial charge in [-0.25, -0.2) is 4.79 Å². The SMILES string of the molecule is COc1cc(Br)cc(Nc2ccncc2C(=O)O)c1. The van der Waals surface area contributed by atoms with Crippen molar-refractivity contribution < 1.29 is 14.6 Å². The molecule has 0 fully saturated rings. The number of benzene rings is 1. The van der Waals surface area contributed by atoms with Gasteiger partial charge in [-0.1, -0.05) is 15.9 Å². The lowest BCUT2D eigenvalue weighted by Crippen LogP contribution is -2.03. The van der Waals surface area contributed by atoms with Gasteiger partial charge in [0.2, 0.25) is 0 Å². The summed E-state index contributed by atoms with van der Waals surface area (Å²) in [5.41, 5.74) is 1.31. The van der Waals surface area contributed by atoms with Crippen LogP contribution in [-0.4, -0.2) is 23.2 Å². The molecule has 0 bridgehead atoms. The number of pyridine rings is 1. The summed E-state index contributed by atoms with van der Waals surface area (Å²) in [5, 5.41) is 12.1. The molecule has 1 heterocycles. The molecule has 1 aromatic heterocycles. The van der Waals surface area contributed by atoms with E-state index in [4.69, 9.17) is 9.84 Å². The number of rotatable bonds is 4. The number of aromatic carboxylic acids is 1. The largest absolute Gasteiger partial charge is 0.497 e. The molecule has 19 heavy (non-hydrogen) atoms. The molecule has 0 saturated heterocycles. The summed E-state index contributed by atoms with van der Waals surface area (Å²) in [4.78, 5) is 14.9. The molecule has 2 aromatic rings. The summed E-state index contributed by atoms with van der Waals surface area (Å²) in [6.45, 7) is 0. The molecule has 1 aromatic carbocycles. The Hall–Kier alpha value is -2.08. The Balaban J connectivity index is 2.36. The third kappa shape index (κ3) is 3.23. The lowest BCUT2D eigenvalue weighted by atomic mass is 10.2. The third-order valence-electron chi connectivity index (χ3n) is 2.44. The zero-order valence-corrected chi connectivity index (χ0v) is 11.6. The Morgan fingerprint density at radius 2 is 2.21 bits per heavy atom. The highest BCUT2D eigenvalue weighted by Crippen LogP contribution is 2.27. The van der Waals surface area contributed by atoms with Crippen LogP contribution >= 0.6 is 15.9 Å². The topological polar surface area (TPSA) is 71.5 Å². The lowest BCUT2D eigenvalue weighted by Gasteiger charge is -2.11. The second-order valence-electron chi connectivity index (χ2n) is 3.73. The van der Waals surface area contributed by atoms with Gasteiger partial charge in [0.05, 0.1) is 12.8 Å². The standard InChI is InChI=1S/C13H11BrN2O3/c1-19-10-5-8(14)4-9(6-10)16-12-2-3-15-7-11(12)13(17)18/h2-7H,1H3,(H,15,16)(H,17,18). The fraction of sp³-hybridized carbons (Fsp3) is 0.0769. The summed E-state index contributed by atoms with van der Waals surface area (Å²) >= 11 is 3.37. The molecule has 0 atom stereocenters. The minimum absolute atomic E-state index is 0.112. The Morgan fingerprint density at radius 3 is 2.89 bits per heavy atom. The number of carboxylic acids is 1. The molecule has 0 saturated carbocycles. The van der Waals surface area contributed by atoms with E-state index in [9.17, 15) is 4.79 Å². The monoisotopic (exact) mass is 322 g/mol. The summed E-state index contributed by atoms with van der Waals surface area (Å²) < 4.78 is 5.99. The summed E-state index contributed by atoms with van der Waals surface area (Å²) in [7, 11) is 1.57. The molecule has 5 nitrogen and oxygen atoms in total. The molecular weight excluding hydrogens is 312 g/mol. The van der Waals surface area contributed by atoms with Crippen molar-refractivity contribution in [1.29, 1.82) is 0 Å². The van der Waals surface area contributed by atoms with Crippen LogP contribution in [0.5, 0.6) is 5.75 Å². The second kappa shape index (κ2) is 5.71. The van der Waals surface area contributed by atoms with Crippen molar-refractivity contribution in [3.8, 4) is 5.75 Å². The Bertz CT molecular complexity index is 617. The molecule has 0 spiro atoms. The number of nitrogens with zero attached hydrogens (tertiary/aromatic N) is 1. The van der Waals surface area contributed by atoms with Crippen LogP contribution in [0.15, 0.2) is 41.1 Å². The van der Waals surface area contributed by atoms with Gasteiger partial charge in [0, 0.05) is 28.6 Å². The van der Waals surface area contributed by atoms with Crippen molar-refractivity contribution in [3.05, 3.63) is 46.7 Å². The fourth-order valence-corrected chi connectivity index (χ4v) is 2.05. The average molecular weight is 323 g/mol. The number of ether oxygens (including phenoxy) is 1. The van der Waals surface area contributed by atoms with E-state index in [0.717, 1.165) is 10.2 Å². The zero-order valence-electron chi connectivity index (χ0n) is 10.1. The highest BCUT2D eigenvalue weighted by molar-refractivity contribution is 9.10. The first kappa shape index (κ1) is 13.4. The maximum atomic E-state index is 11.1. The molecule has 0 radical (unpaired) electrons. The lowest BCUT2D eigenvalue weighted by molar-refractivity contribution is 0.0697. The second-order valence-corrected chi connectivity index (χ2v) is 4.65. The summed E-state index contributed by atoms with van der Waals surface area (Å²) in [6, 6.07) is 7.03. The molecule has 0 amide bonds. The maximum absolute atomic E-state index is 11.1. The van der Waals surface area contributed by atoms with Crippen LogP contribution in [0.3, 0.4) is 0 Å². The molecule has 98 valence electrons. The smallest absolute Gasteiger partial charge is 0.339 e. The van der Waals surface area contributed by atoms with Crippen LogP contribution in [0.1, 0.15) is 10.4 Å². The molecule has 6 heteroatoms. The number of hydrogen-bond donors (Lipinski definition) is 2. The van der Waals surface area contributed by atoms with Gasteiger partial charge in [-0.15, -0.1) is 0 Å². The van der Waals surface area contributed by atoms with Gasteiger partial charge >= 0.3 is 5.97 Å². The normalized spacial score (nSPS) is 10.0. The first-order chi connectivity index (χ1) is 9.10. The van der Waals surface area contributed by atoms with Crippen LogP contribution in [-0.2, 0) is 0 Å². The summed E-state index contributed by atoms with van der Waals surface area (Å²) in [6.07, 6.45) is 2.84. The molecular formula is C13H11BrN2O3. The first-order valence-electron chi connectivity index (χ1n) is 5.39. The highest BCUT2D eigenvalue weighted by atomic mass is 79.9. The Labute approximate surface area is 118 Å². The van der Waals surface area contributed by atoms with Gasteiger partial charge in [-0.05, 0) is 18.2 Å². The number of halogens is 1. The van der Waals surface area contributed by atoms with Crippen molar-refractivity contribution >= 4 is 33.3 Å². The van der Waals surface area contributed by atoms with Gasteiger partial charge in [-0.3, -0.25) is 4.98 Å². The van der Waals surface area contributed by atoms with E-state index < -0.39 is 5.97 Å². The minimum Gasteiger partial charge on any atom is -0.497 e. The van der Waals surface area contributed by atoms with Crippen molar-refractivity contribution in [3.63, 3.8) is 0 Å². The number of nitrogens with one attached hydrogen (secondary N) is 1. The first-order valence-corrected chi connectivity index (χ1v) is 6.18. The third-order valence-corrected chi connectivity index (χ3v) is 2.90. The van der Waals surface area contributed by atoms with Gasteiger partial charge in [0.25, 0.3) is 0 Å². The van der Waals surface area contributed by atoms with Gasteiger partial charge < -0.3 is 15.2 Å². The fourth-order valence-electron chi connectivity index (χ4n) is 1.58. The van der Waals surface area contributed by atoms with Crippen LogP contribution < -0.4 is 10.1 Å². The Morgan fingerprint density at radius 1 is 1.42 bits per heavy atom. The molecule has 0 aliphatic carbocycles. The van der Waals surface area contributed by atoms with E-state index >= 15 is 0 Å². The minimum atomic E-state index is -1.03. The van der Waals surface area contributed by atoms with Gasteiger partial charge in [0.15, 0.2) is 0 Å². The van der Waals surface area contributed by atoms with Crippen LogP contribution in [0.2, 0.25) is 0 Å². The van der Waals surface area contributed by atoms with E-state index in [0.29, 0.717) is 11.4 Å². The number of anilines is 2. The molecule has 0 unspecified atom stereocenters. The average Bonchev–Trinajstić information content (AvgIpc) is 2.38. The molecule has 2 rings (SSSR count). The maximum Gasteiger partial charge on any atom is 0.339 e. The van der Waals surface area contributed by atoms with Crippen molar-refractivity contribution in [2.75, 3.05) is 12.4 Å². The predicted molar refractivity (Wildman–Crippen MR) is 75.2 cm³/mol. The summed E-state index contributed by atoms with van der Waals surface area (Å²) in [5.74, 6) is -0.361. The van der Waals surface area contributed by atoms with E-state index in [1.807, 2.05) is 12.1 Å². The van der Waals surface area contributed by atoms with E-state index in [1.165, 1.54) is 12.4 Å². The molecule has 0 aliphatic rings. The van der Waals surface area contributed by atoms with E-state index in [2.05, 4.69) is 26.2 Å². The van der Waals surface area contributed by atoms with Crippen LogP contribution in [0.25, 0.3) is 0 Å². The van der Waals surface area contributed by atoms with Crippen molar-refractivity contribution in [1.82, 2.24) is 4.98 Å². The quantitative estimate of drug-likeness (QED) is 0.903. The van der Waals surface area contributed by atoms with E-state index in [1.54, 1.807) is 19.2 Å². The number of carbonyl (C=O) groups is 1.